The second kappa shape index (κ2) is 37.2. The number of unbranched alkanes of at least 4 members (excludes halogenated alkanes) is 26. The van der Waals surface area contributed by atoms with Gasteiger partial charge in [-0.15, -0.1) is 0 Å². The van der Waals surface area contributed by atoms with E-state index in [4.69, 9.17) is 23.6 Å². The topological polar surface area (TPSA) is 132 Å². The van der Waals surface area contributed by atoms with Gasteiger partial charge in [0.2, 0.25) is 0 Å². The minimum absolute atomic E-state index is 0.0575. The number of carbonyl (C=O) groups excluding carboxylic acids is 1. The Labute approximate surface area is 301 Å². The van der Waals surface area contributed by atoms with Gasteiger partial charge >= 0.3 is 13.8 Å². The van der Waals surface area contributed by atoms with E-state index in [-0.39, 0.29) is 25.6 Å². The molecule has 0 bridgehead atoms. The molecule has 0 aromatic carbocycles. The number of phosphoric acid groups is 1. The molecular weight excluding hydrogens is 643 g/mol. The van der Waals surface area contributed by atoms with Crippen molar-refractivity contribution in [1.82, 2.24) is 0 Å². The quantitative estimate of drug-likeness (QED) is 0.0321. The summed E-state index contributed by atoms with van der Waals surface area (Å²) in [5, 5.41) is 18.3. The lowest BCUT2D eigenvalue weighted by Gasteiger charge is -2.20. The average Bonchev–Trinajstić information content (AvgIpc) is 3.09. The summed E-state index contributed by atoms with van der Waals surface area (Å²) in [6, 6.07) is 0. The van der Waals surface area contributed by atoms with Crippen LogP contribution in [-0.4, -0.2) is 66.3 Å². The van der Waals surface area contributed by atoms with Crippen LogP contribution in [0.5, 0.6) is 0 Å². The summed E-state index contributed by atoms with van der Waals surface area (Å²) < 4.78 is 33.3. The average molecular weight is 723 g/mol. The highest BCUT2D eigenvalue weighted by atomic mass is 31.2. The predicted octanol–water partition coefficient (Wildman–Crippen LogP) is 10.8. The molecule has 10 heteroatoms. The molecule has 3 N–H and O–H groups in total. The number of ether oxygens (including phenoxy) is 2. The zero-order chi connectivity index (χ0) is 36.1. The van der Waals surface area contributed by atoms with E-state index in [1.807, 2.05) is 0 Å². The first kappa shape index (κ1) is 48.5. The molecule has 0 radical (unpaired) electrons. The van der Waals surface area contributed by atoms with E-state index in [0.29, 0.717) is 6.61 Å². The summed E-state index contributed by atoms with van der Waals surface area (Å²) >= 11 is 0. The zero-order valence-electron chi connectivity index (χ0n) is 31.9. The Bertz CT molecular complexity index is 739. The Kier molecular flexibility index (Phi) is 36.8. The van der Waals surface area contributed by atoms with Crippen molar-refractivity contribution < 1.29 is 43.0 Å². The summed E-state index contributed by atoms with van der Waals surface area (Å²) in [7, 11) is -4.50. The van der Waals surface area contributed by atoms with E-state index >= 15 is 0 Å². The Morgan fingerprint density at radius 1 is 0.551 bits per heavy atom. The number of aliphatic hydroxyl groups excluding tert-OH is 2. The van der Waals surface area contributed by atoms with Crippen LogP contribution in [0.25, 0.3) is 0 Å². The van der Waals surface area contributed by atoms with Crippen LogP contribution in [0.4, 0.5) is 0 Å². The van der Waals surface area contributed by atoms with E-state index in [1.54, 1.807) is 0 Å². The number of hydrogen-bond donors (Lipinski definition) is 3. The second-order valence-corrected chi connectivity index (χ2v) is 15.5. The first-order valence-electron chi connectivity index (χ1n) is 20.5. The van der Waals surface area contributed by atoms with Crippen molar-refractivity contribution in [2.45, 2.75) is 212 Å². The molecule has 0 rings (SSSR count). The van der Waals surface area contributed by atoms with Crippen molar-refractivity contribution >= 4 is 13.8 Å². The highest BCUT2D eigenvalue weighted by Gasteiger charge is 2.26. The fourth-order valence-electron chi connectivity index (χ4n) is 5.89. The van der Waals surface area contributed by atoms with Crippen molar-refractivity contribution in [3.8, 4) is 0 Å². The minimum Gasteiger partial charge on any atom is -0.457 e. The predicted molar refractivity (Wildman–Crippen MR) is 201 cm³/mol. The molecular formula is C39H79O9P. The molecule has 1 unspecified atom stereocenters. The highest BCUT2D eigenvalue weighted by Crippen LogP contribution is 2.43. The maximum Gasteiger partial charge on any atom is 0.472 e. The molecule has 0 heterocycles. The van der Waals surface area contributed by atoms with E-state index in [2.05, 4.69) is 13.8 Å². The summed E-state index contributed by atoms with van der Waals surface area (Å²) in [6.45, 7) is 3.54. The van der Waals surface area contributed by atoms with Gasteiger partial charge in [-0.1, -0.05) is 181 Å². The van der Waals surface area contributed by atoms with Gasteiger partial charge in [0.05, 0.1) is 26.4 Å². The zero-order valence-corrected chi connectivity index (χ0v) is 32.8. The molecule has 0 aromatic rings. The van der Waals surface area contributed by atoms with Gasteiger partial charge in [0, 0.05) is 13.0 Å². The number of aliphatic hydroxyl groups is 2. The Morgan fingerprint density at radius 2 is 0.918 bits per heavy atom. The molecule has 0 spiro atoms. The lowest BCUT2D eigenvalue weighted by atomic mass is 10.0. The molecule has 0 aliphatic heterocycles. The molecule has 0 amide bonds. The molecule has 0 saturated carbocycles. The summed E-state index contributed by atoms with van der Waals surface area (Å²) in [5.74, 6) is -0.380. The second-order valence-electron chi connectivity index (χ2n) is 14.0. The third kappa shape index (κ3) is 37.0. The van der Waals surface area contributed by atoms with Crippen LogP contribution in [0.1, 0.15) is 200 Å². The Hall–Kier alpha value is -0.540. The van der Waals surface area contributed by atoms with Gasteiger partial charge in [0.25, 0.3) is 0 Å². The molecule has 0 saturated heterocycles. The smallest absolute Gasteiger partial charge is 0.457 e. The maximum atomic E-state index is 12.5. The monoisotopic (exact) mass is 723 g/mol. The van der Waals surface area contributed by atoms with Crippen LogP contribution in [0.3, 0.4) is 0 Å². The first-order chi connectivity index (χ1) is 23.8. The Morgan fingerprint density at radius 3 is 1.33 bits per heavy atom. The SMILES string of the molecule is CCCCCCCCCCCCCCCCCCCCOC[C@H](COP(=O)(O)OC[C@@H](O)CO)OC(=O)CCCCCCCCCCCC. The number of hydrogen-bond acceptors (Lipinski definition) is 8. The first-order valence-corrected chi connectivity index (χ1v) is 22.0. The van der Waals surface area contributed by atoms with E-state index < -0.39 is 33.2 Å². The largest absolute Gasteiger partial charge is 0.472 e. The van der Waals surface area contributed by atoms with Gasteiger partial charge in [-0.05, 0) is 12.8 Å². The number of esters is 1. The van der Waals surface area contributed by atoms with Gasteiger partial charge in [-0.25, -0.2) is 4.57 Å². The molecule has 3 atom stereocenters. The van der Waals surface area contributed by atoms with E-state index in [1.165, 1.54) is 148 Å². The van der Waals surface area contributed by atoms with Crippen molar-refractivity contribution in [2.24, 2.45) is 0 Å². The highest BCUT2D eigenvalue weighted by molar-refractivity contribution is 7.47. The normalized spacial score (nSPS) is 14.1. The van der Waals surface area contributed by atoms with Gasteiger partial charge in [0.15, 0.2) is 0 Å². The van der Waals surface area contributed by atoms with Gasteiger partial charge < -0.3 is 24.6 Å². The lowest BCUT2D eigenvalue weighted by molar-refractivity contribution is -0.154. The molecule has 0 aliphatic carbocycles. The lowest BCUT2D eigenvalue weighted by Crippen LogP contribution is -2.29. The number of rotatable bonds is 40. The molecule has 0 aromatic heterocycles. The molecule has 294 valence electrons. The van der Waals surface area contributed by atoms with Crippen LogP contribution in [-0.2, 0) is 27.9 Å². The van der Waals surface area contributed by atoms with Crippen LogP contribution in [0.15, 0.2) is 0 Å². The minimum atomic E-state index is -4.50. The third-order valence-corrected chi connectivity index (χ3v) is 9.99. The van der Waals surface area contributed by atoms with E-state index in [9.17, 15) is 19.4 Å². The van der Waals surface area contributed by atoms with Crippen LogP contribution < -0.4 is 0 Å². The molecule has 49 heavy (non-hydrogen) atoms. The Balaban J connectivity index is 4.08. The van der Waals surface area contributed by atoms with Gasteiger partial charge in [-0.3, -0.25) is 13.8 Å². The fraction of sp³-hybridized carbons (Fsp3) is 0.974. The van der Waals surface area contributed by atoms with Gasteiger partial charge in [0.1, 0.15) is 12.2 Å². The van der Waals surface area contributed by atoms with Crippen LogP contribution in [0.2, 0.25) is 0 Å². The van der Waals surface area contributed by atoms with Crippen LogP contribution in [0, 0.1) is 0 Å². The fourth-order valence-corrected chi connectivity index (χ4v) is 6.68. The van der Waals surface area contributed by atoms with Crippen molar-refractivity contribution in [3.63, 3.8) is 0 Å². The summed E-state index contributed by atoms with van der Waals surface area (Å²) in [6.07, 6.45) is 33.5. The summed E-state index contributed by atoms with van der Waals surface area (Å²) in [4.78, 5) is 22.4. The van der Waals surface area contributed by atoms with Gasteiger partial charge in [-0.2, -0.15) is 0 Å². The van der Waals surface area contributed by atoms with Crippen molar-refractivity contribution in [2.75, 3.05) is 33.0 Å². The molecule has 0 fully saturated rings. The number of phosphoric ester groups is 1. The molecule has 0 aliphatic rings. The van der Waals surface area contributed by atoms with Crippen molar-refractivity contribution in [3.05, 3.63) is 0 Å². The maximum absolute atomic E-state index is 12.5. The molecule has 9 nitrogen and oxygen atoms in total. The van der Waals surface area contributed by atoms with Crippen LogP contribution >= 0.6 is 7.82 Å². The van der Waals surface area contributed by atoms with Crippen molar-refractivity contribution in [1.29, 1.82) is 0 Å². The summed E-state index contributed by atoms with van der Waals surface area (Å²) in [5.41, 5.74) is 0. The van der Waals surface area contributed by atoms with E-state index in [0.717, 1.165) is 32.1 Å². The third-order valence-electron chi connectivity index (χ3n) is 9.04. The number of carbonyl (C=O) groups is 1. The standard InChI is InChI=1S/C39H79O9P/c1-3-5-7-9-11-13-15-16-17-18-19-20-21-22-24-26-28-30-32-45-35-38(36-47-49(43,44)46-34-37(41)33-40)48-39(42)31-29-27-25-23-14-12-10-8-6-4-2/h37-38,40-41H,3-36H2,1-2H3,(H,43,44)/t37-,38+/m0/s1.